The van der Waals surface area contributed by atoms with Gasteiger partial charge in [0.2, 0.25) is 0 Å². The molecule has 2 heterocycles. The van der Waals surface area contributed by atoms with Gasteiger partial charge in [0, 0.05) is 35.3 Å². The molecule has 1 fully saturated rings. The number of ether oxygens (including phenoxy) is 2. The Morgan fingerprint density at radius 1 is 1.00 bits per heavy atom. The van der Waals surface area contributed by atoms with Crippen LogP contribution < -0.4 is 15.3 Å². The van der Waals surface area contributed by atoms with Crippen molar-refractivity contribution in [2.45, 2.75) is 33.1 Å². The van der Waals surface area contributed by atoms with Crippen LogP contribution in [0.1, 0.15) is 39.9 Å². The fourth-order valence-corrected chi connectivity index (χ4v) is 4.21. The van der Waals surface area contributed by atoms with Gasteiger partial charge < -0.3 is 18.8 Å². The molecule has 7 nitrogen and oxygen atoms in total. The zero-order valence-corrected chi connectivity index (χ0v) is 19.1. The largest absolute Gasteiger partial charge is 0.485 e. The average Bonchev–Trinajstić information content (AvgIpc) is 3.36. The summed E-state index contributed by atoms with van der Waals surface area (Å²) in [7, 11) is 1.28. The lowest BCUT2D eigenvalue weighted by Gasteiger charge is -2.17. The monoisotopic (exact) mass is 449 g/mol. The first kappa shape index (κ1) is 22.6. The maximum absolute atomic E-state index is 12.7. The number of hydrogen-bond acceptors (Lipinski definition) is 7. The van der Waals surface area contributed by atoms with Gasteiger partial charge in [-0.2, -0.15) is 0 Å². The molecule has 172 valence electrons. The van der Waals surface area contributed by atoms with E-state index in [1.54, 1.807) is 26.0 Å². The molecule has 33 heavy (non-hydrogen) atoms. The third-order valence-electron chi connectivity index (χ3n) is 6.22. The SMILES string of the molecule is COC(=O)Cc1c(C)c2ccc(OCC(=O)c3ccc(N4CCCC4)cc3)c(C)c2oc1=O. The van der Waals surface area contributed by atoms with Crippen LogP contribution in [0.15, 0.2) is 45.6 Å². The van der Waals surface area contributed by atoms with Gasteiger partial charge in [-0.3, -0.25) is 9.59 Å². The van der Waals surface area contributed by atoms with E-state index in [-0.39, 0.29) is 24.4 Å². The Morgan fingerprint density at radius 2 is 1.70 bits per heavy atom. The molecule has 0 saturated carbocycles. The van der Waals surface area contributed by atoms with Gasteiger partial charge in [0.05, 0.1) is 19.1 Å². The summed E-state index contributed by atoms with van der Waals surface area (Å²) in [4.78, 5) is 39.1. The molecule has 1 aliphatic heterocycles. The van der Waals surface area contributed by atoms with Gasteiger partial charge in [0.25, 0.3) is 0 Å². The number of rotatable bonds is 7. The zero-order chi connectivity index (χ0) is 23.5. The first-order valence-electron chi connectivity index (χ1n) is 11.0. The summed E-state index contributed by atoms with van der Waals surface area (Å²) in [6, 6.07) is 11.1. The summed E-state index contributed by atoms with van der Waals surface area (Å²) < 4.78 is 16.0. The topological polar surface area (TPSA) is 86.1 Å². The number of benzene rings is 2. The van der Waals surface area contributed by atoms with E-state index in [1.165, 1.54) is 20.0 Å². The standard InChI is InChI=1S/C26H27NO6/c1-16-20-10-11-23(17(2)25(20)33-26(30)21(16)14-24(29)31-3)32-15-22(28)18-6-8-19(9-7-18)27-12-4-5-13-27/h6-11H,4-5,12-15H2,1-3H3. The van der Waals surface area contributed by atoms with Crippen molar-refractivity contribution in [2.75, 3.05) is 31.7 Å². The van der Waals surface area contributed by atoms with Crippen LogP contribution in [0.3, 0.4) is 0 Å². The molecule has 4 rings (SSSR count). The highest BCUT2D eigenvalue weighted by atomic mass is 16.5. The van der Waals surface area contributed by atoms with Crippen molar-refractivity contribution >= 4 is 28.4 Å². The molecular weight excluding hydrogens is 422 g/mol. The molecule has 2 aromatic carbocycles. The Kier molecular flexibility index (Phi) is 6.49. The number of anilines is 1. The second-order valence-electron chi connectivity index (χ2n) is 8.26. The van der Waals surface area contributed by atoms with Crippen LogP contribution in [-0.2, 0) is 16.0 Å². The summed E-state index contributed by atoms with van der Waals surface area (Å²) in [5.74, 6) is -0.172. The Hall–Kier alpha value is -3.61. The van der Waals surface area contributed by atoms with Crippen LogP contribution in [-0.4, -0.2) is 38.6 Å². The van der Waals surface area contributed by atoms with Crippen molar-refractivity contribution in [3.63, 3.8) is 0 Å². The Bertz CT molecular complexity index is 1250. The molecule has 0 N–H and O–H groups in total. The van der Waals surface area contributed by atoms with Gasteiger partial charge in [-0.25, -0.2) is 4.79 Å². The Balaban J connectivity index is 1.51. The number of fused-ring (bicyclic) bond motifs is 1. The highest BCUT2D eigenvalue weighted by molar-refractivity contribution is 5.97. The lowest BCUT2D eigenvalue weighted by molar-refractivity contribution is -0.139. The normalized spacial score (nSPS) is 13.4. The van der Waals surface area contributed by atoms with Gasteiger partial charge >= 0.3 is 11.6 Å². The third-order valence-corrected chi connectivity index (χ3v) is 6.22. The van der Waals surface area contributed by atoms with Crippen molar-refractivity contribution in [1.82, 2.24) is 0 Å². The highest BCUT2D eigenvalue weighted by Gasteiger charge is 2.18. The van der Waals surface area contributed by atoms with Gasteiger partial charge in [-0.15, -0.1) is 0 Å². The summed E-state index contributed by atoms with van der Waals surface area (Å²) in [6.45, 7) is 5.52. The molecule has 1 saturated heterocycles. The van der Waals surface area contributed by atoms with Crippen molar-refractivity contribution < 1.29 is 23.5 Å². The maximum atomic E-state index is 12.7. The number of nitrogens with zero attached hydrogens (tertiary/aromatic N) is 1. The Labute approximate surface area is 191 Å². The number of esters is 1. The zero-order valence-electron chi connectivity index (χ0n) is 19.1. The van der Waals surface area contributed by atoms with Crippen LogP contribution in [0.2, 0.25) is 0 Å². The van der Waals surface area contributed by atoms with E-state index < -0.39 is 11.6 Å². The molecule has 0 radical (unpaired) electrons. The molecule has 0 unspecified atom stereocenters. The van der Waals surface area contributed by atoms with Gasteiger partial charge in [-0.1, -0.05) is 0 Å². The maximum Gasteiger partial charge on any atom is 0.340 e. The molecule has 0 atom stereocenters. The van der Waals surface area contributed by atoms with Crippen LogP contribution in [0.4, 0.5) is 5.69 Å². The molecule has 7 heteroatoms. The van der Waals surface area contributed by atoms with Crippen LogP contribution >= 0.6 is 0 Å². The molecule has 0 spiro atoms. The fraction of sp³-hybridized carbons (Fsp3) is 0.346. The number of Topliss-reactive ketones (excluding diaryl/α,β-unsaturated/α-hetero) is 1. The summed E-state index contributed by atoms with van der Waals surface area (Å²) in [5.41, 5.74) is 3.07. The number of hydrogen-bond donors (Lipinski definition) is 0. The van der Waals surface area contributed by atoms with Crippen LogP contribution in [0, 0.1) is 13.8 Å². The van der Waals surface area contributed by atoms with Crippen molar-refractivity contribution in [2.24, 2.45) is 0 Å². The first-order valence-corrected chi connectivity index (χ1v) is 11.0. The van der Waals surface area contributed by atoms with E-state index in [0.717, 1.165) is 18.8 Å². The minimum atomic E-state index is -0.584. The molecule has 1 aliphatic rings. The quantitative estimate of drug-likeness (QED) is 0.306. The second kappa shape index (κ2) is 9.48. The van der Waals surface area contributed by atoms with Gasteiger partial charge in [0.15, 0.2) is 12.4 Å². The summed E-state index contributed by atoms with van der Waals surface area (Å²) in [6.07, 6.45) is 2.25. The van der Waals surface area contributed by atoms with Crippen LogP contribution in [0.5, 0.6) is 5.75 Å². The summed E-state index contributed by atoms with van der Waals surface area (Å²) >= 11 is 0. The lowest BCUT2D eigenvalue weighted by Crippen LogP contribution is -2.18. The average molecular weight is 450 g/mol. The second-order valence-corrected chi connectivity index (χ2v) is 8.26. The van der Waals surface area contributed by atoms with Crippen molar-refractivity contribution in [1.29, 1.82) is 0 Å². The van der Waals surface area contributed by atoms with E-state index in [4.69, 9.17) is 9.15 Å². The first-order chi connectivity index (χ1) is 15.9. The number of methoxy groups -OCH3 is 1. The molecule has 0 bridgehead atoms. The molecular formula is C26H27NO6. The molecule has 1 aromatic heterocycles. The number of carbonyl (C=O) groups excluding carboxylic acids is 2. The third kappa shape index (κ3) is 4.62. The molecule has 0 amide bonds. The number of aryl methyl sites for hydroxylation is 2. The minimum Gasteiger partial charge on any atom is -0.485 e. The van der Waals surface area contributed by atoms with E-state index >= 15 is 0 Å². The van der Waals surface area contributed by atoms with Crippen molar-refractivity contribution in [3.05, 3.63) is 69.1 Å². The predicted molar refractivity (Wildman–Crippen MR) is 125 cm³/mol. The van der Waals surface area contributed by atoms with E-state index in [0.29, 0.717) is 33.4 Å². The van der Waals surface area contributed by atoms with E-state index in [9.17, 15) is 14.4 Å². The van der Waals surface area contributed by atoms with Crippen molar-refractivity contribution in [3.8, 4) is 5.75 Å². The number of carbonyl (C=O) groups is 2. The Morgan fingerprint density at radius 3 is 2.36 bits per heavy atom. The number of ketones is 1. The molecule has 0 aliphatic carbocycles. The highest BCUT2D eigenvalue weighted by Crippen LogP contribution is 2.30. The van der Waals surface area contributed by atoms with E-state index in [2.05, 4.69) is 9.64 Å². The van der Waals surface area contributed by atoms with E-state index in [1.807, 2.05) is 24.3 Å². The lowest BCUT2D eigenvalue weighted by atomic mass is 10.0. The summed E-state index contributed by atoms with van der Waals surface area (Å²) in [5, 5.41) is 0.710. The van der Waals surface area contributed by atoms with Gasteiger partial charge in [0.1, 0.15) is 11.3 Å². The fourth-order valence-electron chi connectivity index (χ4n) is 4.21. The van der Waals surface area contributed by atoms with Crippen LogP contribution in [0.25, 0.3) is 11.0 Å². The smallest absolute Gasteiger partial charge is 0.340 e. The molecule has 3 aromatic rings. The predicted octanol–water partition coefficient (Wildman–Crippen LogP) is 3.99. The minimum absolute atomic E-state index is 0.126. The van der Waals surface area contributed by atoms with Gasteiger partial charge in [-0.05, 0) is 68.7 Å².